The van der Waals surface area contributed by atoms with E-state index < -0.39 is 0 Å². The minimum absolute atomic E-state index is 0.260. The summed E-state index contributed by atoms with van der Waals surface area (Å²) < 4.78 is 5.17. The van der Waals surface area contributed by atoms with Crippen LogP contribution in [0, 0.1) is 13.8 Å². The quantitative estimate of drug-likeness (QED) is 0.805. The molecule has 0 aliphatic heterocycles. The van der Waals surface area contributed by atoms with E-state index in [2.05, 4.69) is 31.2 Å². The zero-order valence-corrected chi connectivity index (χ0v) is 11.2. The number of nitrogens with one attached hydrogen (secondary N) is 1. The van der Waals surface area contributed by atoms with Crippen molar-refractivity contribution in [2.45, 2.75) is 66.0 Å². The second-order valence-corrected chi connectivity index (χ2v) is 4.50. The summed E-state index contributed by atoms with van der Waals surface area (Å²) in [6, 6.07) is 0. The van der Waals surface area contributed by atoms with E-state index in [1.54, 1.807) is 0 Å². The van der Waals surface area contributed by atoms with Crippen molar-refractivity contribution in [2.24, 2.45) is 0 Å². The molecule has 0 radical (unpaired) electrons. The fourth-order valence-electron chi connectivity index (χ4n) is 2.16. The number of nitrogens with zero attached hydrogens (tertiary/aromatic N) is 1. The molecule has 1 aromatic heterocycles. The van der Waals surface area contributed by atoms with E-state index in [1.807, 2.05) is 13.8 Å². The van der Waals surface area contributed by atoms with Crippen molar-refractivity contribution < 1.29 is 4.52 Å². The van der Waals surface area contributed by atoms with Crippen molar-refractivity contribution in [3.8, 4) is 0 Å². The van der Waals surface area contributed by atoms with Gasteiger partial charge in [0.25, 0.3) is 0 Å². The van der Waals surface area contributed by atoms with Gasteiger partial charge in [0.2, 0.25) is 0 Å². The van der Waals surface area contributed by atoms with Crippen LogP contribution in [0.25, 0.3) is 0 Å². The van der Waals surface area contributed by atoms with Crippen LogP contribution in [0.5, 0.6) is 0 Å². The lowest BCUT2D eigenvalue weighted by atomic mass is 9.89. The fraction of sp³-hybridized carbons (Fsp3) is 0.769. The number of hydrogen-bond donors (Lipinski definition) is 1. The van der Waals surface area contributed by atoms with Crippen molar-refractivity contribution in [1.29, 1.82) is 0 Å². The summed E-state index contributed by atoms with van der Waals surface area (Å²) in [5.41, 5.74) is 2.47. The summed E-state index contributed by atoms with van der Waals surface area (Å²) in [6.45, 7) is 11.6. The van der Waals surface area contributed by atoms with E-state index in [9.17, 15) is 0 Å². The maximum Gasteiger partial charge on any atom is 0.138 e. The summed E-state index contributed by atoms with van der Waals surface area (Å²) >= 11 is 0. The topological polar surface area (TPSA) is 38.1 Å². The molecule has 1 N–H and O–H groups in total. The molecule has 1 aromatic rings. The average molecular weight is 224 g/mol. The molecule has 0 saturated carbocycles. The highest BCUT2D eigenvalue weighted by Crippen LogP contribution is 2.21. The second-order valence-electron chi connectivity index (χ2n) is 4.50. The maximum atomic E-state index is 5.17. The van der Waals surface area contributed by atoms with Crippen molar-refractivity contribution in [3.05, 3.63) is 17.0 Å². The first-order valence-corrected chi connectivity index (χ1v) is 6.25. The molecule has 0 unspecified atom stereocenters. The third-order valence-electron chi connectivity index (χ3n) is 3.85. The lowest BCUT2D eigenvalue weighted by molar-refractivity contribution is 0.287. The van der Waals surface area contributed by atoms with Crippen LogP contribution in [0.4, 0.5) is 0 Å². The summed E-state index contributed by atoms with van der Waals surface area (Å²) in [4.78, 5) is 0. The van der Waals surface area contributed by atoms with Gasteiger partial charge in [0.1, 0.15) is 5.76 Å². The Bertz CT molecular complexity index is 299. The summed E-state index contributed by atoms with van der Waals surface area (Å²) in [5.74, 6) is 0.933. The molecule has 1 heterocycles. The minimum atomic E-state index is 0.260. The number of aromatic nitrogens is 1. The van der Waals surface area contributed by atoms with Crippen LogP contribution in [0.1, 0.15) is 57.1 Å². The van der Waals surface area contributed by atoms with Crippen LogP contribution in [0.3, 0.4) is 0 Å². The highest BCUT2D eigenvalue weighted by atomic mass is 16.5. The molecule has 0 aliphatic carbocycles. The molecule has 92 valence electrons. The van der Waals surface area contributed by atoms with Gasteiger partial charge >= 0.3 is 0 Å². The standard InChI is InChI=1S/C13H24N2O/c1-6-13(7-2,8-3)14-9-12-10(4)15-16-11(12)5/h14H,6-9H2,1-5H3. The Balaban J connectivity index is 2.69. The highest BCUT2D eigenvalue weighted by molar-refractivity contribution is 5.20. The van der Waals surface area contributed by atoms with Crippen molar-refractivity contribution in [1.82, 2.24) is 10.5 Å². The zero-order chi connectivity index (χ0) is 12.2. The summed E-state index contributed by atoms with van der Waals surface area (Å²) in [6.07, 6.45) is 3.47. The van der Waals surface area contributed by atoms with Gasteiger partial charge in [-0.25, -0.2) is 0 Å². The van der Waals surface area contributed by atoms with Crippen LogP contribution >= 0.6 is 0 Å². The molecule has 0 bridgehead atoms. The first-order valence-electron chi connectivity index (χ1n) is 6.25. The molecular formula is C13H24N2O. The van der Waals surface area contributed by atoms with Crippen molar-refractivity contribution in [3.63, 3.8) is 0 Å². The van der Waals surface area contributed by atoms with Gasteiger partial charge in [-0.3, -0.25) is 0 Å². The molecule has 16 heavy (non-hydrogen) atoms. The molecule has 0 aromatic carbocycles. The first kappa shape index (κ1) is 13.2. The third-order valence-corrected chi connectivity index (χ3v) is 3.85. The van der Waals surface area contributed by atoms with Crippen LogP contribution < -0.4 is 5.32 Å². The maximum absolute atomic E-state index is 5.17. The van der Waals surface area contributed by atoms with Gasteiger partial charge in [0.15, 0.2) is 0 Å². The normalized spacial score (nSPS) is 12.1. The van der Waals surface area contributed by atoms with Crippen molar-refractivity contribution >= 4 is 0 Å². The van der Waals surface area contributed by atoms with Gasteiger partial charge in [-0.2, -0.15) is 0 Å². The molecule has 0 amide bonds. The molecule has 0 saturated heterocycles. The van der Waals surface area contributed by atoms with Crippen LogP contribution in [0.15, 0.2) is 4.52 Å². The molecule has 1 rings (SSSR count). The molecule has 0 fully saturated rings. The van der Waals surface area contributed by atoms with E-state index in [-0.39, 0.29) is 5.54 Å². The average Bonchev–Trinajstić information content (AvgIpc) is 2.62. The summed E-state index contributed by atoms with van der Waals surface area (Å²) in [7, 11) is 0. The summed E-state index contributed by atoms with van der Waals surface area (Å²) in [5, 5.41) is 7.65. The lowest BCUT2D eigenvalue weighted by Gasteiger charge is -2.32. The number of rotatable bonds is 6. The van der Waals surface area contributed by atoms with E-state index >= 15 is 0 Å². The van der Waals surface area contributed by atoms with Crippen molar-refractivity contribution in [2.75, 3.05) is 0 Å². The Morgan fingerprint density at radius 1 is 1.12 bits per heavy atom. The molecule has 0 atom stereocenters. The van der Waals surface area contributed by atoms with Gasteiger partial charge in [0.05, 0.1) is 5.69 Å². The van der Waals surface area contributed by atoms with Crippen LogP contribution in [-0.4, -0.2) is 10.7 Å². The Morgan fingerprint density at radius 3 is 2.06 bits per heavy atom. The molecule has 0 aliphatic rings. The van der Waals surface area contributed by atoms with Gasteiger partial charge in [-0.1, -0.05) is 25.9 Å². The minimum Gasteiger partial charge on any atom is -0.361 e. The Morgan fingerprint density at radius 2 is 1.69 bits per heavy atom. The largest absolute Gasteiger partial charge is 0.361 e. The van der Waals surface area contributed by atoms with Crippen LogP contribution in [-0.2, 0) is 6.54 Å². The predicted molar refractivity (Wildman–Crippen MR) is 66.4 cm³/mol. The van der Waals surface area contributed by atoms with Crippen LogP contribution in [0.2, 0.25) is 0 Å². The fourth-order valence-corrected chi connectivity index (χ4v) is 2.16. The van der Waals surface area contributed by atoms with E-state index in [0.29, 0.717) is 0 Å². The zero-order valence-electron chi connectivity index (χ0n) is 11.2. The van der Waals surface area contributed by atoms with Gasteiger partial charge in [0, 0.05) is 17.6 Å². The Labute approximate surface area is 98.6 Å². The van der Waals surface area contributed by atoms with E-state index in [4.69, 9.17) is 4.52 Å². The monoisotopic (exact) mass is 224 g/mol. The third kappa shape index (κ3) is 2.64. The number of aryl methyl sites for hydroxylation is 2. The first-order chi connectivity index (χ1) is 7.58. The highest BCUT2D eigenvalue weighted by Gasteiger charge is 2.23. The Kier molecular flexibility index (Phi) is 4.54. The van der Waals surface area contributed by atoms with E-state index in [1.165, 1.54) is 5.56 Å². The smallest absolute Gasteiger partial charge is 0.138 e. The molecule has 3 nitrogen and oxygen atoms in total. The van der Waals surface area contributed by atoms with Gasteiger partial charge < -0.3 is 9.84 Å². The molecular weight excluding hydrogens is 200 g/mol. The SMILES string of the molecule is CCC(CC)(CC)NCc1c(C)noc1C. The predicted octanol–water partition coefficient (Wildman–Crippen LogP) is 3.35. The lowest BCUT2D eigenvalue weighted by Crippen LogP contribution is -2.43. The number of hydrogen-bond acceptors (Lipinski definition) is 3. The molecule has 0 spiro atoms. The molecule has 3 heteroatoms. The second kappa shape index (κ2) is 5.48. The van der Waals surface area contributed by atoms with Gasteiger partial charge in [-0.15, -0.1) is 0 Å². The Hall–Kier alpha value is -0.830. The van der Waals surface area contributed by atoms with E-state index in [0.717, 1.165) is 37.3 Å². The van der Waals surface area contributed by atoms with Gasteiger partial charge in [-0.05, 0) is 33.1 Å².